The molecule has 1 aliphatic rings. The van der Waals surface area contributed by atoms with E-state index in [1.165, 1.54) is 0 Å². The Balaban J connectivity index is 1.95. The van der Waals surface area contributed by atoms with Crippen LogP contribution in [0.15, 0.2) is 12.3 Å². The van der Waals surface area contributed by atoms with Gasteiger partial charge in [0.2, 0.25) is 5.95 Å². The second-order valence-electron chi connectivity index (χ2n) is 3.38. The summed E-state index contributed by atoms with van der Waals surface area (Å²) in [5.41, 5.74) is 2.37. The zero-order valence-corrected chi connectivity index (χ0v) is 7.64. The molecule has 1 aliphatic carbocycles. The first-order valence-corrected chi connectivity index (χ1v) is 4.52. The first kappa shape index (κ1) is 9.17. The Labute approximate surface area is 81.5 Å². The zero-order chi connectivity index (χ0) is 9.97. The molecule has 6 nitrogen and oxygen atoms in total. The average Bonchev–Trinajstić information content (AvgIpc) is 2.16. The minimum Gasteiger partial charge on any atom is -0.393 e. The van der Waals surface area contributed by atoms with Gasteiger partial charge < -0.3 is 10.4 Å². The molecule has 76 valence electrons. The third-order valence-electron chi connectivity index (χ3n) is 2.25. The topological polar surface area (TPSA) is 96.1 Å². The molecule has 5 N–H and O–H groups in total. The molecule has 1 aromatic rings. The lowest BCUT2D eigenvalue weighted by Gasteiger charge is -2.32. The fourth-order valence-corrected chi connectivity index (χ4v) is 1.42. The van der Waals surface area contributed by atoms with Crippen LogP contribution in [0.5, 0.6) is 0 Å². The van der Waals surface area contributed by atoms with Gasteiger partial charge in [0, 0.05) is 12.2 Å². The molecule has 0 aromatic carbocycles. The zero-order valence-electron chi connectivity index (χ0n) is 7.64. The van der Waals surface area contributed by atoms with Crippen molar-refractivity contribution in [2.75, 3.05) is 10.7 Å². The van der Waals surface area contributed by atoms with E-state index in [-0.39, 0.29) is 6.10 Å². The first-order chi connectivity index (χ1) is 6.78. The van der Waals surface area contributed by atoms with Gasteiger partial charge in [-0.1, -0.05) is 0 Å². The minimum atomic E-state index is -0.165. The number of hydrogen-bond acceptors (Lipinski definition) is 6. The Bertz CT molecular complexity index is 312. The number of nitrogens with zero attached hydrogens (tertiary/aromatic N) is 2. The highest BCUT2D eigenvalue weighted by Crippen LogP contribution is 2.23. The molecule has 0 radical (unpaired) electrons. The van der Waals surface area contributed by atoms with E-state index in [0.717, 1.165) is 18.7 Å². The molecule has 0 unspecified atom stereocenters. The summed E-state index contributed by atoms with van der Waals surface area (Å²) in [7, 11) is 0. The lowest BCUT2D eigenvalue weighted by atomic mass is 9.89. The SMILES string of the molecule is NNc1nccc(NC2CC(O)C2)n1. The van der Waals surface area contributed by atoms with Crippen molar-refractivity contribution in [1.82, 2.24) is 9.97 Å². The standard InChI is InChI=1S/C8H13N5O/c9-13-8-10-2-1-7(12-8)11-5-3-6(14)4-5/h1-2,5-6,14H,3-4,9H2,(H2,10,11,12,13). The van der Waals surface area contributed by atoms with Crippen molar-refractivity contribution in [1.29, 1.82) is 0 Å². The number of hydrazine groups is 1. The maximum Gasteiger partial charge on any atom is 0.239 e. The van der Waals surface area contributed by atoms with E-state index >= 15 is 0 Å². The highest BCUT2D eigenvalue weighted by Gasteiger charge is 2.27. The Hall–Kier alpha value is -1.40. The van der Waals surface area contributed by atoms with Gasteiger partial charge in [-0.2, -0.15) is 4.98 Å². The second-order valence-corrected chi connectivity index (χ2v) is 3.38. The second kappa shape index (κ2) is 3.77. The Morgan fingerprint density at radius 1 is 1.50 bits per heavy atom. The number of nitrogens with two attached hydrogens (primary N) is 1. The third-order valence-corrected chi connectivity index (χ3v) is 2.25. The molecule has 0 amide bonds. The molecule has 1 aromatic heterocycles. The molecule has 14 heavy (non-hydrogen) atoms. The van der Waals surface area contributed by atoms with Crippen molar-refractivity contribution in [2.45, 2.75) is 25.0 Å². The lowest BCUT2D eigenvalue weighted by Crippen LogP contribution is -2.39. The van der Waals surface area contributed by atoms with Crippen molar-refractivity contribution in [3.8, 4) is 0 Å². The number of aliphatic hydroxyl groups excluding tert-OH is 1. The number of hydrogen-bond donors (Lipinski definition) is 4. The average molecular weight is 195 g/mol. The summed E-state index contributed by atoms with van der Waals surface area (Å²) < 4.78 is 0. The van der Waals surface area contributed by atoms with E-state index in [0.29, 0.717) is 12.0 Å². The van der Waals surface area contributed by atoms with Crippen molar-refractivity contribution in [3.63, 3.8) is 0 Å². The van der Waals surface area contributed by atoms with Crippen LogP contribution in [0.25, 0.3) is 0 Å². The Morgan fingerprint density at radius 2 is 2.29 bits per heavy atom. The molecule has 0 bridgehead atoms. The number of anilines is 2. The minimum absolute atomic E-state index is 0.165. The fourth-order valence-electron chi connectivity index (χ4n) is 1.42. The number of rotatable bonds is 3. The summed E-state index contributed by atoms with van der Waals surface area (Å²) in [6.45, 7) is 0. The van der Waals surface area contributed by atoms with Gasteiger partial charge >= 0.3 is 0 Å². The van der Waals surface area contributed by atoms with Crippen LogP contribution >= 0.6 is 0 Å². The van der Waals surface area contributed by atoms with E-state index in [4.69, 9.17) is 10.9 Å². The summed E-state index contributed by atoms with van der Waals surface area (Å²) in [4.78, 5) is 7.99. The first-order valence-electron chi connectivity index (χ1n) is 4.52. The Kier molecular flexibility index (Phi) is 2.47. The predicted molar refractivity (Wildman–Crippen MR) is 52.5 cm³/mol. The maximum absolute atomic E-state index is 9.09. The van der Waals surface area contributed by atoms with E-state index in [9.17, 15) is 0 Å². The molecule has 0 spiro atoms. The van der Waals surface area contributed by atoms with Crippen LogP contribution < -0.4 is 16.6 Å². The summed E-state index contributed by atoms with van der Waals surface area (Å²) in [5.74, 6) is 6.29. The van der Waals surface area contributed by atoms with Gasteiger partial charge in [0.1, 0.15) is 5.82 Å². The largest absolute Gasteiger partial charge is 0.393 e. The molecular formula is C8H13N5O. The number of aliphatic hydroxyl groups is 1. The van der Waals surface area contributed by atoms with E-state index in [1.54, 1.807) is 12.3 Å². The monoisotopic (exact) mass is 195 g/mol. The predicted octanol–water partition coefficient (Wildman–Crippen LogP) is -0.303. The van der Waals surface area contributed by atoms with Gasteiger partial charge in [0.15, 0.2) is 0 Å². The van der Waals surface area contributed by atoms with Crippen LogP contribution in [0.2, 0.25) is 0 Å². The summed E-state index contributed by atoms with van der Waals surface area (Å²) in [6, 6.07) is 2.08. The number of nitrogen functional groups attached to an aromatic ring is 1. The van der Waals surface area contributed by atoms with Gasteiger partial charge in [0.05, 0.1) is 6.10 Å². The van der Waals surface area contributed by atoms with Crippen LogP contribution in [0.1, 0.15) is 12.8 Å². The van der Waals surface area contributed by atoms with Crippen LogP contribution in [0, 0.1) is 0 Å². The Morgan fingerprint density at radius 3 is 2.93 bits per heavy atom. The summed E-state index contributed by atoms with van der Waals surface area (Å²) in [6.07, 6.45) is 3.01. The van der Waals surface area contributed by atoms with Crippen LogP contribution in [-0.2, 0) is 0 Å². The van der Waals surface area contributed by atoms with Gasteiger partial charge in [-0.3, -0.25) is 5.43 Å². The van der Waals surface area contributed by atoms with E-state index < -0.39 is 0 Å². The van der Waals surface area contributed by atoms with E-state index in [1.807, 2.05) is 0 Å². The van der Waals surface area contributed by atoms with Gasteiger partial charge in [-0.25, -0.2) is 10.8 Å². The molecule has 6 heteroatoms. The normalized spacial score (nSPS) is 25.3. The molecule has 1 heterocycles. The highest BCUT2D eigenvalue weighted by atomic mass is 16.3. The van der Waals surface area contributed by atoms with Crippen molar-refractivity contribution < 1.29 is 5.11 Å². The fraction of sp³-hybridized carbons (Fsp3) is 0.500. The van der Waals surface area contributed by atoms with Crippen molar-refractivity contribution in [3.05, 3.63) is 12.3 Å². The molecule has 2 rings (SSSR count). The van der Waals surface area contributed by atoms with Gasteiger partial charge in [-0.15, -0.1) is 0 Å². The smallest absolute Gasteiger partial charge is 0.239 e. The van der Waals surface area contributed by atoms with Crippen molar-refractivity contribution >= 4 is 11.8 Å². The molecule has 1 fully saturated rings. The molecule has 0 saturated heterocycles. The molecular weight excluding hydrogens is 182 g/mol. The van der Waals surface area contributed by atoms with Crippen molar-refractivity contribution in [2.24, 2.45) is 5.84 Å². The van der Waals surface area contributed by atoms with Crippen LogP contribution in [0.4, 0.5) is 11.8 Å². The molecule has 1 saturated carbocycles. The third kappa shape index (κ3) is 1.91. The number of nitrogens with one attached hydrogen (secondary N) is 2. The molecule has 0 aliphatic heterocycles. The summed E-state index contributed by atoms with van der Waals surface area (Å²) in [5, 5.41) is 12.3. The maximum atomic E-state index is 9.09. The van der Waals surface area contributed by atoms with E-state index in [2.05, 4.69) is 20.7 Å². The molecule has 0 atom stereocenters. The quantitative estimate of drug-likeness (QED) is 0.390. The summed E-state index contributed by atoms with van der Waals surface area (Å²) >= 11 is 0. The van der Waals surface area contributed by atoms with Crippen LogP contribution in [-0.4, -0.2) is 27.2 Å². The number of aromatic nitrogens is 2. The van der Waals surface area contributed by atoms with Crippen LogP contribution in [0.3, 0.4) is 0 Å². The highest BCUT2D eigenvalue weighted by molar-refractivity contribution is 5.40. The van der Waals surface area contributed by atoms with Gasteiger partial charge in [-0.05, 0) is 18.9 Å². The van der Waals surface area contributed by atoms with Gasteiger partial charge in [0.25, 0.3) is 0 Å². The lowest BCUT2D eigenvalue weighted by molar-refractivity contribution is 0.0835.